The molecule has 21 heavy (non-hydrogen) atoms. The quantitative estimate of drug-likeness (QED) is 0.267. The molecule has 2 rings (SSSR count). The molecule has 2 heterocycles. The third-order valence-corrected chi connectivity index (χ3v) is 3.68. The molecule has 0 aromatic heterocycles. The van der Waals surface area contributed by atoms with Gasteiger partial charge in [-0.15, -0.1) is 0 Å². The molecule has 0 bridgehead atoms. The Morgan fingerprint density at radius 1 is 1.00 bits per heavy atom. The Hall–Kier alpha value is -0.400. The van der Waals surface area contributed by atoms with Crippen LogP contribution in [0.5, 0.6) is 0 Å². The van der Waals surface area contributed by atoms with E-state index in [0.29, 0.717) is 0 Å². The van der Waals surface area contributed by atoms with Crippen molar-refractivity contribution in [1.29, 1.82) is 0 Å². The molecular formula is C11H20O10. The Balaban J connectivity index is 2.12. The van der Waals surface area contributed by atoms with Crippen LogP contribution in [0.4, 0.5) is 0 Å². The number of rotatable bonds is 4. The molecule has 10 nitrogen and oxygen atoms in total. The first-order chi connectivity index (χ1) is 9.86. The van der Waals surface area contributed by atoms with Gasteiger partial charge in [-0.05, 0) is 0 Å². The van der Waals surface area contributed by atoms with E-state index in [4.69, 9.17) is 19.3 Å². The summed E-state index contributed by atoms with van der Waals surface area (Å²) in [6.07, 6.45) is -10.4. The molecule has 0 amide bonds. The van der Waals surface area contributed by atoms with Crippen molar-refractivity contribution >= 4 is 0 Å². The van der Waals surface area contributed by atoms with Crippen molar-refractivity contribution in [1.82, 2.24) is 0 Å². The highest BCUT2D eigenvalue weighted by Gasteiger charge is 2.57. The van der Waals surface area contributed by atoms with E-state index in [-0.39, 0.29) is 6.61 Å². The molecule has 0 spiro atoms. The Morgan fingerprint density at radius 3 is 2.19 bits per heavy atom. The molecule has 2 aliphatic heterocycles. The van der Waals surface area contributed by atoms with E-state index in [1.54, 1.807) is 0 Å². The number of hydrogen-bond donors (Lipinski definition) is 7. The van der Waals surface area contributed by atoms with Gasteiger partial charge in [-0.1, -0.05) is 0 Å². The summed E-state index contributed by atoms with van der Waals surface area (Å²) in [6, 6.07) is 0. The van der Waals surface area contributed by atoms with Crippen LogP contribution < -0.4 is 0 Å². The van der Waals surface area contributed by atoms with Crippen LogP contribution in [0.2, 0.25) is 0 Å². The van der Waals surface area contributed by atoms with Crippen molar-refractivity contribution in [3.8, 4) is 0 Å². The highest BCUT2D eigenvalue weighted by molar-refractivity contribution is 4.97. The van der Waals surface area contributed by atoms with Crippen molar-refractivity contribution in [2.45, 2.75) is 48.7 Å². The predicted octanol–water partition coefficient (Wildman–Crippen LogP) is -4.76. The van der Waals surface area contributed by atoms with Crippen LogP contribution in [-0.4, -0.2) is 104 Å². The lowest BCUT2D eigenvalue weighted by atomic mass is 10.0. The summed E-state index contributed by atoms with van der Waals surface area (Å²) in [4.78, 5) is 0. The molecule has 2 saturated heterocycles. The third-order valence-electron chi connectivity index (χ3n) is 3.68. The average molecular weight is 312 g/mol. The summed E-state index contributed by atoms with van der Waals surface area (Å²) >= 11 is 0. The van der Waals surface area contributed by atoms with Crippen LogP contribution in [0.1, 0.15) is 0 Å². The zero-order valence-corrected chi connectivity index (χ0v) is 11.0. The molecule has 0 aliphatic carbocycles. The van der Waals surface area contributed by atoms with E-state index in [1.807, 2.05) is 0 Å². The van der Waals surface area contributed by atoms with Crippen molar-refractivity contribution < 1.29 is 50.0 Å². The minimum absolute atomic E-state index is 0.341. The first-order valence-corrected chi connectivity index (χ1v) is 6.45. The van der Waals surface area contributed by atoms with Crippen molar-refractivity contribution in [3.05, 3.63) is 0 Å². The average Bonchev–Trinajstić information content (AvgIpc) is 2.73. The molecule has 7 N–H and O–H groups in total. The molecule has 8 atom stereocenters. The maximum absolute atomic E-state index is 9.92. The maximum atomic E-state index is 9.92. The molecule has 0 radical (unpaired) electrons. The Morgan fingerprint density at radius 2 is 1.67 bits per heavy atom. The summed E-state index contributed by atoms with van der Waals surface area (Å²) in [5, 5.41) is 66.7. The topological polar surface area (TPSA) is 169 Å². The van der Waals surface area contributed by atoms with Gasteiger partial charge in [-0.2, -0.15) is 0 Å². The standard InChI is InChI=1S/C11H20O10/c12-1-5-7(16)9(18)11(3-13,20-5)21-10-8(17)6(15)4(14)2-19-10/h4-10,12-18H,1-3H2/t4-,5-,6?,7?,8?,9?,10-,11+/m1/s1. The second kappa shape index (κ2) is 6.38. The van der Waals surface area contributed by atoms with Gasteiger partial charge < -0.3 is 50.0 Å². The van der Waals surface area contributed by atoms with Gasteiger partial charge in [0.05, 0.1) is 13.2 Å². The molecule has 2 aliphatic rings. The molecule has 124 valence electrons. The molecular weight excluding hydrogens is 292 g/mol. The number of hydrogen-bond acceptors (Lipinski definition) is 10. The summed E-state index contributed by atoms with van der Waals surface area (Å²) in [5.74, 6) is -2.12. The molecule has 0 saturated carbocycles. The Labute approximate surface area is 119 Å². The second-order valence-corrected chi connectivity index (χ2v) is 5.11. The van der Waals surface area contributed by atoms with Gasteiger partial charge in [-0.3, -0.25) is 0 Å². The second-order valence-electron chi connectivity index (χ2n) is 5.11. The third kappa shape index (κ3) is 2.92. The van der Waals surface area contributed by atoms with Gasteiger partial charge in [0.1, 0.15) is 43.2 Å². The first kappa shape index (κ1) is 17.0. The number of aliphatic hydroxyl groups excluding tert-OH is 7. The van der Waals surface area contributed by atoms with Crippen LogP contribution in [0.25, 0.3) is 0 Å². The zero-order valence-electron chi connectivity index (χ0n) is 11.0. The van der Waals surface area contributed by atoms with Gasteiger partial charge in [0.2, 0.25) is 5.79 Å². The summed E-state index contributed by atoms with van der Waals surface area (Å²) in [7, 11) is 0. The van der Waals surface area contributed by atoms with Crippen LogP contribution >= 0.6 is 0 Å². The first-order valence-electron chi connectivity index (χ1n) is 6.45. The van der Waals surface area contributed by atoms with Gasteiger partial charge in [0, 0.05) is 0 Å². The van der Waals surface area contributed by atoms with E-state index in [2.05, 4.69) is 0 Å². The zero-order chi connectivity index (χ0) is 15.8. The van der Waals surface area contributed by atoms with E-state index >= 15 is 0 Å². The monoisotopic (exact) mass is 312 g/mol. The van der Waals surface area contributed by atoms with E-state index in [0.717, 1.165) is 0 Å². The highest BCUT2D eigenvalue weighted by atomic mass is 16.8. The summed E-state index contributed by atoms with van der Waals surface area (Å²) in [6.45, 7) is -1.86. The van der Waals surface area contributed by atoms with Crippen molar-refractivity contribution in [2.24, 2.45) is 0 Å². The Kier molecular flexibility index (Phi) is 5.15. The SMILES string of the molecule is OC[C@H]1O[C@@](CO)(O[C@H]2OC[C@@H](O)C(O)C2O)C(O)C1O. The normalized spacial score (nSPS) is 51.3. The predicted molar refractivity (Wildman–Crippen MR) is 62.6 cm³/mol. The van der Waals surface area contributed by atoms with Crippen molar-refractivity contribution in [3.63, 3.8) is 0 Å². The maximum Gasteiger partial charge on any atom is 0.224 e. The molecule has 0 aromatic carbocycles. The minimum atomic E-state index is -2.12. The molecule has 2 fully saturated rings. The Bertz CT molecular complexity index is 354. The largest absolute Gasteiger partial charge is 0.394 e. The van der Waals surface area contributed by atoms with Crippen LogP contribution in [-0.2, 0) is 14.2 Å². The molecule has 10 heteroatoms. The van der Waals surface area contributed by atoms with E-state index in [9.17, 15) is 30.6 Å². The van der Waals surface area contributed by atoms with Crippen LogP contribution in [0.15, 0.2) is 0 Å². The number of aliphatic hydroxyl groups is 7. The lowest BCUT2D eigenvalue weighted by Gasteiger charge is -2.40. The van der Waals surface area contributed by atoms with Crippen molar-refractivity contribution in [2.75, 3.05) is 19.8 Å². The van der Waals surface area contributed by atoms with Gasteiger partial charge in [-0.25, -0.2) is 0 Å². The van der Waals surface area contributed by atoms with Gasteiger partial charge in [0.15, 0.2) is 6.29 Å². The van der Waals surface area contributed by atoms with Crippen LogP contribution in [0, 0.1) is 0 Å². The van der Waals surface area contributed by atoms with Gasteiger partial charge >= 0.3 is 0 Å². The smallest absolute Gasteiger partial charge is 0.224 e. The lowest BCUT2D eigenvalue weighted by Crippen LogP contribution is -2.59. The molecule has 4 unspecified atom stereocenters. The van der Waals surface area contributed by atoms with Crippen LogP contribution in [0.3, 0.4) is 0 Å². The fraction of sp³-hybridized carbons (Fsp3) is 1.00. The highest BCUT2D eigenvalue weighted by Crippen LogP contribution is 2.35. The summed E-state index contributed by atoms with van der Waals surface area (Å²) in [5.41, 5.74) is 0. The minimum Gasteiger partial charge on any atom is -0.394 e. The fourth-order valence-corrected chi connectivity index (χ4v) is 2.35. The number of ether oxygens (including phenoxy) is 3. The van der Waals surface area contributed by atoms with Gasteiger partial charge in [0.25, 0.3) is 0 Å². The lowest BCUT2D eigenvalue weighted by molar-refractivity contribution is -0.370. The van der Waals surface area contributed by atoms with E-state index in [1.165, 1.54) is 0 Å². The van der Waals surface area contributed by atoms with E-state index < -0.39 is 61.9 Å². The fourth-order valence-electron chi connectivity index (χ4n) is 2.35. The summed E-state index contributed by atoms with van der Waals surface area (Å²) < 4.78 is 15.3. The molecule has 0 aromatic rings.